The summed E-state index contributed by atoms with van der Waals surface area (Å²) in [6, 6.07) is 24.1. The Morgan fingerprint density at radius 1 is 1.07 bits per heavy atom. The number of amides is 1. The molecule has 6 rings (SSSR count). The first-order valence-corrected chi connectivity index (χ1v) is 15.4. The largest absolute Gasteiger partial charge is 0.383 e. The summed E-state index contributed by atoms with van der Waals surface area (Å²) >= 11 is 1.50. The van der Waals surface area contributed by atoms with Crippen molar-refractivity contribution in [3.05, 3.63) is 113 Å². The Kier molecular flexibility index (Phi) is 8.81. The Labute approximate surface area is 264 Å². The summed E-state index contributed by atoms with van der Waals surface area (Å²) in [4.78, 5) is 24.7. The predicted octanol–water partition coefficient (Wildman–Crippen LogP) is 6.38. The lowest BCUT2D eigenvalue weighted by atomic mass is 9.93. The van der Waals surface area contributed by atoms with Crippen LogP contribution in [0.5, 0.6) is 0 Å². The molecule has 0 aliphatic rings. The highest BCUT2D eigenvalue weighted by Gasteiger charge is 2.24. The molecule has 4 heterocycles. The second kappa shape index (κ2) is 13.2. The first-order valence-electron chi connectivity index (χ1n) is 14.6. The maximum absolute atomic E-state index is 14.9. The van der Waals surface area contributed by atoms with E-state index in [2.05, 4.69) is 20.5 Å². The summed E-state index contributed by atoms with van der Waals surface area (Å²) < 4.78 is 16.7. The third-order valence-corrected chi connectivity index (χ3v) is 8.32. The van der Waals surface area contributed by atoms with E-state index in [9.17, 15) is 9.18 Å². The minimum absolute atomic E-state index is 0.320. The Morgan fingerprint density at radius 2 is 1.96 bits per heavy atom. The number of hydrogen-bond donors (Lipinski definition) is 3. The molecular weight excluding hydrogens is 587 g/mol. The van der Waals surface area contributed by atoms with E-state index in [1.54, 1.807) is 22.8 Å². The van der Waals surface area contributed by atoms with Crippen LogP contribution in [0.15, 0.2) is 96.6 Å². The van der Waals surface area contributed by atoms with Crippen molar-refractivity contribution in [3.8, 4) is 22.5 Å². The summed E-state index contributed by atoms with van der Waals surface area (Å²) in [6.45, 7) is 1.60. The van der Waals surface area contributed by atoms with Gasteiger partial charge in [0.25, 0.3) is 0 Å². The molecule has 0 bridgehead atoms. The van der Waals surface area contributed by atoms with Crippen molar-refractivity contribution < 1.29 is 9.18 Å². The van der Waals surface area contributed by atoms with E-state index >= 15 is 0 Å². The molecule has 11 heteroatoms. The van der Waals surface area contributed by atoms with Gasteiger partial charge in [0, 0.05) is 35.1 Å². The van der Waals surface area contributed by atoms with Crippen molar-refractivity contribution in [2.75, 3.05) is 37.8 Å². The molecule has 4 N–H and O–H groups in total. The minimum atomic E-state index is -0.569. The highest BCUT2D eigenvalue weighted by atomic mass is 32.1. The second-order valence-electron chi connectivity index (χ2n) is 10.9. The number of carbonyl (C=O) groups is 1. The Morgan fingerprint density at radius 3 is 2.73 bits per heavy atom. The molecule has 1 atom stereocenters. The van der Waals surface area contributed by atoms with Gasteiger partial charge in [0.1, 0.15) is 11.5 Å². The number of anilines is 3. The molecule has 0 aliphatic heterocycles. The summed E-state index contributed by atoms with van der Waals surface area (Å²) in [5.41, 5.74) is 11.4. The third kappa shape index (κ3) is 6.69. The molecule has 0 aliphatic carbocycles. The van der Waals surface area contributed by atoms with Gasteiger partial charge < -0.3 is 21.3 Å². The van der Waals surface area contributed by atoms with Crippen LogP contribution in [0.4, 0.5) is 21.7 Å². The molecule has 0 fully saturated rings. The smallest absolute Gasteiger partial charge is 0.230 e. The maximum atomic E-state index is 14.9. The molecule has 6 aromatic rings. The van der Waals surface area contributed by atoms with E-state index in [0.717, 1.165) is 40.0 Å². The highest BCUT2D eigenvalue weighted by Crippen LogP contribution is 2.37. The number of nitrogens with zero attached hydrogens (tertiary/aromatic N) is 5. The first kappa shape index (κ1) is 29.9. The number of hydrogen-bond acceptors (Lipinski definition) is 8. The van der Waals surface area contributed by atoms with Crippen molar-refractivity contribution in [1.82, 2.24) is 24.5 Å². The molecule has 1 amide bonds. The molecule has 0 saturated carbocycles. The molecule has 1 unspecified atom stereocenters. The van der Waals surface area contributed by atoms with Crippen LogP contribution in [-0.2, 0) is 4.79 Å². The van der Waals surface area contributed by atoms with Crippen LogP contribution in [0.25, 0.3) is 28.0 Å². The zero-order valence-electron chi connectivity index (χ0n) is 24.9. The molecule has 9 nitrogen and oxygen atoms in total. The van der Waals surface area contributed by atoms with Crippen LogP contribution in [-0.4, -0.2) is 57.6 Å². The Bertz CT molecular complexity index is 1940. The van der Waals surface area contributed by atoms with Crippen LogP contribution < -0.4 is 16.4 Å². The number of carbonyl (C=O) groups excluding carboxylic acids is 1. The van der Waals surface area contributed by atoms with Crippen LogP contribution in [0.3, 0.4) is 0 Å². The molecule has 4 aromatic heterocycles. The predicted molar refractivity (Wildman–Crippen MR) is 178 cm³/mol. The fourth-order valence-corrected chi connectivity index (χ4v) is 6.14. The monoisotopic (exact) mass is 620 g/mol. The van der Waals surface area contributed by atoms with Gasteiger partial charge in [0.05, 0.1) is 28.4 Å². The topological polar surface area (TPSA) is 113 Å². The number of fused-ring (bicyclic) bond motifs is 1. The number of nitrogens with two attached hydrogens (primary N) is 1. The van der Waals surface area contributed by atoms with E-state index in [1.807, 2.05) is 86.3 Å². The van der Waals surface area contributed by atoms with E-state index in [0.29, 0.717) is 35.3 Å². The molecular formula is C34H33FN8OS. The lowest BCUT2D eigenvalue weighted by Gasteiger charge is -2.14. The second-order valence-corrected chi connectivity index (χ2v) is 11.9. The number of rotatable bonds is 12. The van der Waals surface area contributed by atoms with Gasteiger partial charge in [-0.15, -0.1) is 11.3 Å². The zero-order valence-corrected chi connectivity index (χ0v) is 25.8. The van der Waals surface area contributed by atoms with Gasteiger partial charge in [-0.25, -0.2) is 18.9 Å². The zero-order chi connectivity index (χ0) is 31.3. The van der Waals surface area contributed by atoms with Crippen molar-refractivity contribution in [2.24, 2.45) is 5.73 Å². The average Bonchev–Trinajstić information content (AvgIpc) is 3.69. The molecule has 2 aromatic carbocycles. The summed E-state index contributed by atoms with van der Waals surface area (Å²) in [5.74, 6) is -1.02. The maximum Gasteiger partial charge on any atom is 0.230 e. The Hall–Kier alpha value is -5.13. The van der Waals surface area contributed by atoms with Crippen LogP contribution >= 0.6 is 11.3 Å². The number of thiophene rings is 1. The third-order valence-electron chi connectivity index (χ3n) is 7.38. The number of aromatic nitrogens is 4. The van der Waals surface area contributed by atoms with Crippen molar-refractivity contribution >= 4 is 40.1 Å². The van der Waals surface area contributed by atoms with Crippen molar-refractivity contribution in [3.63, 3.8) is 0 Å². The van der Waals surface area contributed by atoms with E-state index in [-0.39, 0.29) is 5.82 Å². The normalized spacial score (nSPS) is 12.0. The fraction of sp³-hybridized carbons (Fsp3) is 0.176. The standard InChI is InChI=1S/C34H33FN8OS/c1-42(2)17-7-15-37-26-13-12-24(21-25(26)35)39-34-38-16-14-27(40-34)31-28-10-3-4-18-43(28)41-32(31)23-9-5-8-22(20-23)30(33(36)44)29-11-6-19-45-29/h3-6,8-14,16,18-21,30,37H,7,15,17H2,1-2H3,(H2,36,44)(H,38,39,40). The molecule has 0 spiro atoms. The lowest BCUT2D eigenvalue weighted by Crippen LogP contribution is -2.21. The van der Waals surface area contributed by atoms with Crippen molar-refractivity contribution in [2.45, 2.75) is 12.3 Å². The van der Waals surface area contributed by atoms with Crippen LogP contribution in [0.1, 0.15) is 22.8 Å². The minimum Gasteiger partial charge on any atom is -0.383 e. The van der Waals surface area contributed by atoms with Gasteiger partial charge >= 0.3 is 0 Å². The van der Waals surface area contributed by atoms with E-state index in [1.165, 1.54) is 17.4 Å². The molecule has 0 radical (unpaired) electrons. The van der Waals surface area contributed by atoms with Gasteiger partial charge in [-0.3, -0.25) is 4.79 Å². The molecule has 0 saturated heterocycles. The number of benzene rings is 2. The van der Waals surface area contributed by atoms with E-state index in [4.69, 9.17) is 15.8 Å². The molecule has 228 valence electrons. The first-order chi connectivity index (χ1) is 21.9. The van der Waals surface area contributed by atoms with Crippen LogP contribution in [0, 0.1) is 5.82 Å². The lowest BCUT2D eigenvalue weighted by molar-refractivity contribution is -0.118. The quantitative estimate of drug-likeness (QED) is 0.136. The van der Waals surface area contributed by atoms with Gasteiger partial charge in [-0.05, 0) is 86.5 Å². The Balaban J connectivity index is 1.32. The van der Waals surface area contributed by atoms with Crippen LogP contribution in [0.2, 0.25) is 0 Å². The summed E-state index contributed by atoms with van der Waals surface area (Å²) in [6.07, 6.45) is 4.45. The van der Waals surface area contributed by atoms with Gasteiger partial charge in [0.2, 0.25) is 11.9 Å². The number of nitrogens with one attached hydrogen (secondary N) is 2. The average molecular weight is 621 g/mol. The number of halogens is 1. The number of pyridine rings is 1. The van der Waals surface area contributed by atoms with Crippen molar-refractivity contribution in [1.29, 1.82) is 0 Å². The van der Waals surface area contributed by atoms with Gasteiger partial charge in [-0.1, -0.05) is 30.3 Å². The fourth-order valence-electron chi connectivity index (χ4n) is 5.28. The SMILES string of the molecule is CN(C)CCCNc1ccc(Nc2nccc(-c3c(-c4cccc(C(C(N)=O)c5cccs5)c4)nn4ccccc34)n2)cc1F. The molecule has 45 heavy (non-hydrogen) atoms. The van der Waals surface area contributed by atoms with E-state index < -0.39 is 11.8 Å². The highest BCUT2D eigenvalue weighted by molar-refractivity contribution is 7.10. The van der Waals surface area contributed by atoms with Gasteiger partial charge in [0.15, 0.2) is 0 Å². The van der Waals surface area contributed by atoms with Gasteiger partial charge in [-0.2, -0.15) is 5.10 Å². The summed E-state index contributed by atoms with van der Waals surface area (Å²) in [7, 11) is 4.03. The number of primary amides is 1. The summed E-state index contributed by atoms with van der Waals surface area (Å²) in [5, 5.41) is 13.1.